The topological polar surface area (TPSA) is 60.2 Å². The van der Waals surface area contributed by atoms with Crippen LogP contribution in [0.2, 0.25) is 0 Å². The molecule has 0 aliphatic carbocycles. The summed E-state index contributed by atoms with van der Waals surface area (Å²) in [7, 11) is 0. The van der Waals surface area contributed by atoms with Crippen molar-refractivity contribution < 1.29 is 9.26 Å². The van der Waals surface area contributed by atoms with Crippen molar-refractivity contribution in [1.82, 2.24) is 15.5 Å². The van der Waals surface area contributed by atoms with Crippen molar-refractivity contribution in [2.24, 2.45) is 5.92 Å². The molecule has 94 valence electrons. The van der Waals surface area contributed by atoms with Crippen molar-refractivity contribution in [2.45, 2.75) is 38.2 Å². The smallest absolute Gasteiger partial charge is 0.231 e. The fraction of sp³-hybridized carbons (Fsp3) is 0.833. The predicted molar refractivity (Wildman–Crippen MR) is 61.6 cm³/mol. The number of hydrogen-bond acceptors (Lipinski definition) is 5. The molecule has 0 bridgehead atoms. The van der Waals surface area contributed by atoms with Gasteiger partial charge in [-0.3, -0.25) is 0 Å². The van der Waals surface area contributed by atoms with Gasteiger partial charge in [-0.25, -0.2) is 0 Å². The minimum Gasteiger partial charge on any atom is -0.367 e. The van der Waals surface area contributed by atoms with Crippen molar-refractivity contribution >= 4 is 0 Å². The SMILES string of the molecule is CC1CNCC1c1nc(C2(C)CCCO2)no1. The first-order valence-corrected chi connectivity index (χ1v) is 6.38. The minimum absolute atomic E-state index is 0.336. The van der Waals surface area contributed by atoms with Gasteiger partial charge < -0.3 is 14.6 Å². The summed E-state index contributed by atoms with van der Waals surface area (Å²) in [6.45, 7) is 7.01. The molecule has 0 radical (unpaired) electrons. The summed E-state index contributed by atoms with van der Waals surface area (Å²) >= 11 is 0. The Labute approximate surface area is 101 Å². The highest BCUT2D eigenvalue weighted by atomic mass is 16.5. The average molecular weight is 237 g/mol. The van der Waals surface area contributed by atoms with Crippen LogP contribution in [0.4, 0.5) is 0 Å². The van der Waals surface area contributed by atoms with Crippen molar-refractivity contribution in [3.63, 3.8) is 0 Å². The zero-order valence-corrected chi connectivity index (χ0v) is 10.4. The third-order valence-electron chi connectivity index (χ3n) is 3.97. The number of aromatic nitrogens is 2. The summed E-state index contributed by atoms with van der Waals surface area (Å²) in [6.07, 6.45) is 2.05. The lowest BCUT2D eigenvalue weighted by atomic mass is 9.98. The van der Waals surface area contributed by atoms with Gasteiger partial charge in [0.05, 0.1) is 5.92 Å². The Hall–Kier alpha value is -0.940. The van der Waals surface area contributed by atoms with E-state index in [2.05, 4.69) is 22.4 Å². The lowest BCUT2D eigenvalue weighted by Gasteiger charge is -2.17. The summed E-state index contributed by atoms with van der Waals surface area (Å²) in [4.78, 5) is 4.55. The van der Waals surface area contributed by atoms with Gasteiger partial charge in [-0.05, 0) is 32.2 Å². The highest BCUT2D eigenvalue weighted by Crippen LogP contribution is 2.35. The van der Waals surface area contributed by atoms with Crippen LogP contribution in [0.5, 0.6) is 0 Å². The molecule has 3 unspecified atom stereocenters. The molecule has 2 aliphatic rings. The summed E-state index contributed by atoms with van der Waals surface area (Å²) in [5.74, 6) is 2.38. The Morgan fingerprint density at radius 3 is 2.94 bits per heavy atom. The Morgan fingerprint density at radius 2 is 2.29 bits per heavy atom. The first-order chi connectivity index (χ1) is 8.19. The Balaban J connectivity index is 1.82. The fourth-order valence-electron chi connectivity index (χ4n) is 2.70. The summed E-state index contributed by atoms with van der Waals surface area (Å²) < 4.78 is 11.1. The molecule has 1 N–H and O–H groups in total. The maximum atomic E-state index is 5.73. The van der Waals surface area contributed by atoms with Crippen LogP contribution in [-0.4, -0.2) is 29.8 Å². The Kier molecular flexibility index (Phi) is 2.67. The number of nitrogens with zero attached hydrogens (tertiary/aromatic N) is 2. The van der Waals surface area contributed by atoms with E-state index >= 15 is 0 Å². The molecule has 0 spiro atoms. The zero-order valence-electron chi connectivity index (χ0n) is 10.4. The molecule has 1 aromatic rings. The fourth-order valence-corrected chi connectivity index (χ4v) is 2.70. The number of hydrogen-bond donors (Lipinski definition) is 1. The van der Waals surface area contributed by atoms with Gasteiger partial charge in [-0.2, -0.15) is 4.98 Å². The lowest BCUT2D eigenvalue weighted by molar-refractivity contribution is 0.00768. The normalized spacial score (nSPS) is 37.8. The van der Waals surface area contributed by atoms with E-state index in [0.717, 1.165) is 38.4 Å². The molecule has 5 nitrogen and oxygen atoms in total. The molecule has 3 atom stereocenters. The monoisotopic (exact) mass is 237 g/mol. The van der Waals surface area contributed by atoms with Crippen LogP contribution in [0, 0.1) is 5.92 Å². The number of nitrogens with one attached hydrogen (secondary N) is 1. The first kappa shape index (κ1) is 11.2. The molecule has 0 saturated carbocycles. The summed E-state index contributed by atoms with van der Waals surface area (Å²) in [5, 5.41) is 7.46. The quantitative estimate of drug-likeness (QED) is 0.843. The van der Waals surface area contributed by atoms with Gasteiger partial charge in [0, 0.05) is 13.2 Å². The second-order valence-electron chi connectivity index (χ2n) is 5.38. The van der Waals surface area contributed by atoms with E-state index in [9.17, 15) is 0 Å². The maximum Gasteiger partial charge on any atom is 0.231 e. The molecule has 1 aromatic heterocycles. The molecular weight excluding hydrogens is 218 g/mol. The summed E-state index contributed by atoms with van der Waals surface area (Å²) in [5.41, 5.74) is -0.336. The third kappa shape index (κ3) is 1.87. The van der Waals surface area contributed by atoms with Gasteiger partial charge in [0.2, 0.25) is 11.7 Å². The van der Waals surface area contributed by atoms with Crippen LogP contribution in [0.3, 0.4) is 0 Å². The van der Waals surface area contributed by atoms with Crippen molar-refractivity contribution in [2.75, 3.05) is 19.7 Å². The van der Waals surface area contributed by atoms with E-state index < -0.39 is 0 Å². The van der Waals surface area contributed by atoms with Gasteiger partial charge in [0.15, 0.2) is 0 Å². The molecule has 5 heteroatoms. The third-order valence-corrected chi connectivity index (χ3v) is 3.97. The molecular formula is C12H19N3O2. The zero-order chi connectivity index (χ0) is 11.9. The van der Waals surface area contributed by atoms with Crippen molar-refractivity contribution in [3.05, 3.63) is 11.7 Å². The van der Waals surface area contributed by atoms with E-state index in [1.54, 1.807) is 0 Å². The largest absolute Gasteiger partial charge is 0.367 e. The maximum absolute atomic E-state index is 5.73. The van der Waals surface area contributed by atoms with Gasteiger partial charge in [-0.15, -0.1) is 0 Å². The number of rotatable bonds is 2. The number of ether oxygens (including phenoxy) is 1. The van der Waals surface area contributed by atoms with Crippen LogP contribution >= 0.6 is 0 Å². The summed E-state index contributed by atoms with van der Waals surface area (Å²) in [6, 6.07) is 0. The van der Waals surface area contributed by atoms with Gasteiger partial charge >= 0.3 is 0 Å². The first-order valence-electron chi connectivity index (χ1n) is 6.38. The van der Waals surface area contributed by atoms with E-state index in [4.69, 9.17) is 9.26 Å². The Bertz CT molecular complexity index is 398. The van der Waals surface area contributed by atoms with Gasteiger partial charge in [-0.1, -0.05) is 12.1 Å². The molecule has 3 heterocycles. The molecule has 2 saturated heterocycles. The molecule has 17 heavy (non-hydrogen) atoms. The van der Waals surface area contributed by atoms with E-state index in [-0.39, 0.29) is 5.60 Å². The van der Waals surface area contributed by atoms with Crippen LogP contribution < -0.4 is 5.32 Å². The van der Waals surface area contributed by atoms with Crippen LogP contribution in [0.15, 0.2) is 4.52 Å². The highest BCUT2D eigenvalue weighted by molar-refractivity contribution is 5.06. The molecule has 2 fully saturated rings. The van der Waals surface area contributed by atoms with Crippen molar-refractivity contribution in [3.8, 4) is 0 Å². The molecule has 0 aromatic carbocycles. The van der Waals surface area contributed by atoms with Gasteiger partial charge in [0.25, 0.3) is 0 Å². The second-order valence-corrected chi connectivity index (χ2v) is 5.38. The molecule has 0 amide bonds. The molecule has 2 aliphatic heterocycles. The van der Waals surface area contributed by atoms with Crippen molar-refractivity contribution in [1.29, 1.82) is 0 Å². The highest BCUT2D eigenvalue weighted by Gasteiger charge is 2.38. The van der Waals surface area contributed by atoms with Crippen LogP contribution in [0.25, 0.3) is 0 Å². The minimum atomic E-state index is -0.336. The average Bonchev–Trinajstić information content (AvgIpc) is 2.97. The predicted octanol–water partition coefficient (Wildman–Crippen LogP) is 1.42. The Morgan fingerprint density at radius 1 is 1.41 bits per heavy atom. The van der Waals surface area contributed by atoms with E-state index in [0.29, 0.717) is 17.7 Å². The van der Waals surface area contributed by atoms with E-state index in [1.807, 2.05) is 6.92 Å². The second kappa shape index (κ2) is 4.07. The van der Waals surface area contributed by atoms with Gasteiger partial charge in [0.1, 0.15) is 5.60 Å². The van der Waals surface area contributed by atoms with E-state index in [1.165, 1.54) is 0 Å². The standard InChI is InChI=1S/C12H19N3O2/c1-8-6-13-7-9(8)10-14-11(15-17-10)12(2)4-3-5-16-12/h8-9,13H,3-7H2,1-2H3. The van der Waals surface area contributed by atoms with Crippen LogP contribution in [0.1, 0.15) is 44.3 Å². The van der Waals surface area contributed by atoms with Crippen LogP contribution in [-0.2, 0) is 10.3 Å². The lowest BCUT2D eigenvalue weighted by Crippen LogP contribution is -2.22. The molecule has 3 rings (SSSR count).